The van der Waals surface area contributed by atoms with E-state index in [2.05, 4.69) is 36.2 Å². The number of morpholine rings is 1. The number of hydrogen-bond donors (Lipinski definition) is 1. The summed E-state index contributed by atoms with van der Waals surface area (Å²) in [6.45, 7) is 7.49. The zero-order chi connectivity index (χ0) is 14.7. The van der Waals surface area contributed by atoms with Gasteiger partial charge in [0.05, 0.1) is 29.8 Å². The molecule has 0 spiro atoms. The SMILES string of the molecule is CCCNC(CC)c1ccc(N2CC3CCC(C2)O3)cn1. The van der Waals surface area contributed by atoms with Crippen LogP contribution < -0.4 is 10.2 Å². The molecule has 4 nitrogen and oxygen atoms in total. The molecular formula is C17H27N3O. The molecule has 2 saturated heterocycles. The van der Waals surface area contributed by atoms with Gasteiger partial charge in [-0.2, -0.15) is 0 Å². The minimum Gasteiger partial charge on any atom is -0.371 e. The summed E-state index contributed by atoms with van der Waals surface area (Å²) in [7, 11) is 0. The zero-order valence-corrected chi connectivity index (χ0v) is 13.2. The van der Waals surface area contributed by atoms with E-state index in [9.17, 15) is 0 Å². The van der Waals surface area contributed by atoms with Crippen LogP contribution in [-0.4, -0.2) is 36.8 Å². The van der Waals surface area contributed by atoms with Crippen molar-refractivity contribution in [2.75, 3.05) is 24.5 Å². The van der Waals surface area contributed by atoms with Gasteiger partial charge in [-0.3, -0.25) is 4.98 Å². The summed E-state index contributed by atoms with van der Waals surface area (Å²) in [5.41, 5.74) is 2.40. The standard InChI is InChI=1S/C17H27N3O/c1-3-9-18-16(4-2)17-8-5-13(10-19-17)20-11-14-6-7-15(12-20)21-14/h5,8,10,14-16,18H,3-4,6-7,9,11-12H2,1-2H3. The van der Waals surface area contributed by atoms with E-state index in [4.69, 9.17) is 9.72 Å². The van der Waals surface area contributed by atoms with Crippen molar-refractivity contribution in [3.8, 4) is 0 Å². The highest BCUT2D eigenvalue weighted by atomic mass is 16.5. The van der Waals surface area contributed by atoms with Crippen LogP contribution in [-0.2, 0) is 4.74 Å². The molecule has 3 rings (SSSR count). The molecule has 0 saturated carbocycles. The number of nitrogens with one attached hydrogen (secondary N) is 1. The number of nitrogens with zero attached hydrogens (tertiary/aromatic N) is 2. The summed E-state index contributed by atoms with van der Waals surface area (Å²) in [6, 6.07) is 4.78. The second-order valence-electron chi connectivity index (χ2n) is 6.22. The maximum absolute atomic E-state index is 5.90. The maximum Gasteiger partial charge on any atom is 0.0755 e. The lowest BCUT2D eigenvalue weighted by Gasteiger charge is -2.33. The Labute approximate surface area is 127 Å². The first-order valence-corrected chi connectivity index (χ1v) is 8.39. The topological polar surface area (TPSA) is 37.4 Å². The van der Waals surface area contributed by atoms with Crippen LogP contribution in [0.2, 0.25) is 0 Å². The highest BCUT2D eigenvalue weighted by molar-refractivity contribution is 5.46. The Bertz CT molecular complexity index is 436. The number of ether oxygens (including phenoxy) is 1. The van der Waals surface area contributed by atoms with Gasteiger partial charge in [0.1, 0.15) is 0 Å². The molecule has 3 unspecified atom stereocenters. The summed E-state index contributed by atoms with van der Waals surface area (Å²) >= 11 is 0. The number of pyridine rings is 1. The quantitative estimate of drug-likeness (QED) is 0.874. The zero-order valence-electron chi connectivity index (χ0n) is 13.2. The Morgan fingerprint density at radius 1 is 1.29 bits per heavy atom. The van der Waals surface area contributed by atoms with Crippen molar-refractivity contribution in [2.24, 2.45) is 0 Å². The summed E-state index contributed by atoms with van der Waals surface area (Å²) in [5.74, 6) is 0. The Morgan fingerprint density at radius 3 is 2.62 bits per heavy atom. The number of anilines is 1. The van der Waals surface area contributed by atoms with E-state index in [-0.39, 0.29) is 0 Å². The van der Waals surface area contributed by atoms with E-state index in [0.717, 1.165) is 38.2 Å². The van der Waals surface area contributed by atoms with Crippen molar-refractivity contribution in [3.05, 3.63) is 24.0 Å². The van der Waals surface area contributed by atoms with Gasteiger partial charge in [0.15, 0.2) is 0 Å². The maximum atomic E-state index is 5.90. The third kappa shape index (κ3) is 3.38. The van der Waals surface area contributed by atoms with E-state index in [1.54, 1.807) is 0 Å². The van der Waals surface area contributed by atoms with Crippen LogP contribution in [0.3, 0.4) is 0 Å². The molecule has 0 radical (unpaired) electrons. The fourth-order valence-electron chi connectivity index (χ4n) is 3.39. The Morgan fingerprint density at radius 2 is 2.05 bits per heavy atom. The Balaban J connectivity index is 1.66. The minimum absolute atomic E-state index is 0.375. The first kappa shape index (κ1) is 14.8. The summed E-state index contributed by atoms with van der Waals surface area (Å²) in [6.07, 6.45) is 7.56. The monoisotopic (exact) mass is 289 g/mol. The van der Waals surface area contributed by atoms with Crippen molar-refractivity contribution < 1.29 is 4.74 Å². The van der Waals surface area contributed by atoms with Crippen molar-refractivity contribution >= 4 is 5.69 Å². The number of hydrogen-bond acceptors (Lipinski definition) is 4. The van der Waals surface area contributed by atoms with E-state index in [0.29, 0.717) is 18.2 Å². The minimum atomic E-state index is 0.375. The van der Waals surface area contributed by atoms with Gasteiger partial charge < -0.3 is 15.0 Å². The Kier molecular flexibility index (Phi) is 4.76. The van der Waals surface area contributed by atoms with Crippen molar-refractivity contribution in [1.29, 1.82) is 0 Å². The molecule has 2 fully saturated rings. The molecule has 0 aliphatic carbocycles. The summed E-state index contributed by atoms with van der Waals surface area (Å²) < 4.78 is 5.90. The first-order valence-electron chi connectivity index (χ1n) is 8.39. The highest BCUT2D eigenvalue weighted by Crippen LogP contribution is 2.29. The third-order valence-electron chi connectivity index (χ3n) is 4.59. The molecule has 1 aromatic heterocycles. The van der Waals surface area contributed by atoms with Gasteiger partial charge in [-0.15, -0.1) is 0 Å². The van der Waals surface area contributed by atoms with Gasteiger partial charge in [-0.05, 0) is 44.4 Å². The fourth-order valence-corrected chi connectivity index (χ4v) is 3.39. The molecule has 0 aromatic carbocycles. The van der Waals surface area contributed by atoms with Crippen LogP contribution in [0.25, 0.3) is 0 Å². The molecule has 2 aliphatic heterocycles. The fraction of sp³-hybridized carbons (Fsp3) is 0.706. The molecule has 0 amide bonds. The van der Waals surface area contributed by atoms with Crippen molar-refractivity contribution in [3.63, 3.8) is 0 Å². The third-order valence-corrected chi connectivity index (χ3v) is 4.59. The van der Waals surface area contributed by atoms with E-state index >= 15 is 0 Å². The lowest BCUT2D eigenvalue weighted by Crippen LogP contribution is -2.42. The highest BCUT2D eigenvalue weighted by Gasteiger charge is 2.33. The van der Waals surface area contributed by atoms with E-state index < -0.39 is 0 Å². The molecular weight excluding hydrogens is 262 g/mol. The van der Waals surface area contributed by atoms with Gasteiger partial charge in [0.2, 0.25) is 0 Å². The van der Waals surface area contributed by atoms with Crippen molar-refractivity contribution in [2.45, 2.75) is 57.8 Å². The van der Waals surface area contributed by atoms with Crippen LogP contribution in [0, 0.1) is 0 Å². The predicted molar refractivity (Wildman–Crippen MR) is 85.7 cm³/mol. The normalized spacial score (nSPS) is 26.1. The van der Waals surface area contributed by atoms with Crippen LogP contribution in [0.4, 0.5) is 5.69 Å². The van der Waals surface area contributed by atoms with E-state index in [1.807, 2.05) is 6.20 Å². The van der Waals surface area contributed by atoms with Gasteiger partial charge in [0.25, 0.3) is 0 Å². The van der Waals surface area contributed by atoms with Crippen LogP contribution in [0.5, 0.6) is 0 Å². The molecule has 4 heteroatoms. The number of rotatable bonds is 6. The molecule has 3 atom stereocenters. The van der Waals surface area contributed by atoms with Gasteiger partial charge in [-0.25, -0.2) is 0 Å². The largest absolute Gasteiger partial charge is 0.371 e. The summed E-state index contributed by atoms with van der Waals surface area (Å²) in [5, 5.41) is 3.56. The first-order chi connectivity index (χ1) is 10.3. The number of fused-ring (bicyclic) bond motifs is 2. The average Bonchev–Trinajstić information content (AvgIpc) is 2.87. The summed E-state index contributed by atoms with van der Waals surface area (Å²) in [4.78, 5) is 7.14. The molecule has 1 aromatic rings. The van der Waals surface area contributed by atoms with E-state index in [1.165, 1.54) is 18.5 Å². The van der Waals surface area contributed by atoms with Crippen LogP contribution in [0.15, 0.2) is 18.3 Å². The van der Waals surface area contributed by atoms with Gasteiger partial charge in [0, 0.05) is 19.1 Å². The molecule has 116 valence electrons. The van der Waals surface area contributed by atoms with Crippen LogP contribution in [0.1, 0.15) is 51.3 Å². The lowest BCUT2D eigenvalue weighted by molar-refractivity contribution is 0.0305. The number of aromatic nitrogens is 1. The lowest BCUT2D eigenvalue weighted by atomic mass is 10.1. The Hall–Kier alpha value is -1.13. The molecule has 2 bridgehead atoms. The second-order valence-corrected chi connectivity index (χ2v) is 6.22. The second kappa shape index (κ2) is 6.75. The van der Waals surface area contributed by atoms with Crippen LogP contribution >= 0.6 is 0 Å². The smallest absolute Gasteiger partial charge is 0.0755 e. The average molecular weight is 289 g/mol. The predicted octanol–water partition coefficient (Wildman–Crippen LogP) is 2.90. The van der Waals surface area contributed by atoms with Gasteiger partial charge in [-0.1, -0.05) is 13.8 Å². The molecule has 3 heterocycles. The molecule has 1 N–H and O–H groups in total. The van der Waals surface area contributed by atoms with Crippen molar-refractivity contribution in [1.82, 2.24) is 10.3 Å². The molecule has 21 heavy (non-hydrogen) atoms. The van der Waals surface area contributed by atoms with Gasteiger partial charge >= 0.3 is 0 Å². The molecule has 2 aliphatic rings.